The van der Waals surface area contributed by atoms with Gasteiger partial charge >= 0.3 is 0 Å². The third kappa shape index (κ3) is 3.39. The first-order valence-electron chi connectivity index (χ1n) is 8.84. The number of benzene rings is 2. The minimum atomic E-state index is -0.823. The highest BCUT2D eigenvalue weighted by Gasteiger charge is 2.38. The zero-order valence-electron chi connectivity index (χ0n) is 15.2. The highest BCUT2D eigenvalue weighted by Crippen LogP contribution is 2.23. The second-order valence-electron chi connectivity index (χ2n) is 7.23. The summed E-state index contributed by atoms with van der Waals surface area (Å²) in [6.07, 6.45) is 3.05. The van der Waals surface area contributed by atoms with Crippen LogP contribution in [0.3, 0.4) is 0 Å². The van der Waals surface area contributed by atoms with Gasteiger partial charge in [-0.3, -0.25) is 9.59 Å². The van der Waals surface area contributed by atoms with Crippen LogP contribution in [0, 0.1) is 0 Å². The SMILES string of the molecule is CC1(O)CN(C(=O)/C=C/c2cccc3c(=O)[nH]c(-c4ccc(O)cc4)nc23)C1. The Kier molecular flexibility index (Phi) is 4.24. The zero-order chi connectivity index (χ0) is 19.9. The molecule has 28 heavy (non-hydrogen) atoms. The van der Waals surface area contributed by atoms with E-state index in [1.54, 1.807) is 48.2 Å². The third-order valence-corrected chi connectivity index (χ3v) is 4.69. The average molecular weight is 377 g/mol. The lowest BCUT2D eigenvalue weighted by atomic mass is 9.97. The van der Waals surface area contributed by atoms with Crippen LogP contribution in [0.1, 0.15) is 12.5 Å². The summed E-state index contributed by atoms with van der Waals surface area (Å²) < 4.78 is 0. The summed E-state index contributed by atoms with van der Waals surface area (Å²) in [5, 5.41) is 19.6. The number of amides is 1. The molecule has 0 atom stereocenters. The van der Waals surface area contributed by atoms with E-state index in [-0.39, 0.29) is 17.2 Å². The Labute approximate surface area is 160 Å². The van der Waals surface area contributed by atoms with Crippen molar-refractivity contribution in [3.05, 3.63) is 64.5 Å². The number of fused-ring (bicyclic) bond motifs is 1. The molecule has 0 bridgehead atoms. The molecule has 7 nitrogen and oxygen atoms in total. The maximum absolute atomic E-state index is 12.5. The number of β-amino-alcohol motifs (C(OH)–C–C–N with tert-alkyl or cyclic N) is 1. The summed E-state index contributed by atoms with van der Waals surface area (Å²) in [7, 11) is 0. The first-order valence-corrected chi connectivity index (χ1v) is 8.84. The van der Waals surface area contributed by atoms with Gasteiger partial charge in [0.2, 0.25) is 5.91 Å². The molecule has 7 heteroatoms. The fourth-order valence-corrected chi connectivity index (χ4v) is 3.27. The number of hydrogen-bond acceptors (Lipinski definition) is 5. The maximum Gasteiger partial charge on any atom is 0.259 e. The van der Waals surface area contributed by atoms with Crippen molar-refractivity contribution < 1.29 is 15.0 Å². The van der Waals surface area contributed by atoms with Gasteiger partial charge in [0, 0.05) is 17.2 Å². The largest absolute Gasteiger partial charge is 0.508 e. The van der Waals surface area contributed by atoms with Crippen molar-refractivity contribution in [1.29, 1.82) is 0 Å². The highest BCUT2D eigenvalue weighted by atomic mass is 16.3. The number of aromatic hydroxyl groups is 1. The van der Waals surface area contributed by atoms with Crippen molar-refractivity contribution in [2.45, 2.75) is 12.5 Å². The topological polar surface area (TPSA) is 107 Å². The molecule has 142 valence electrons. The molecule has 1 fully saturated rings. The van der Waals surface area contributed by atoms with E-state index in [4.69, 9.17) is 0 Å². The monoisotopic (exact) mass is 377 g/mol. The van der Waals surface area contributed by atoms with Gasteiger partial charge < -0.3 is 20.1 Å². The average Bonchev–Trinajstić information content (AvgIpc) is 2.64. The molecule has 1 aromatic heterocycles. The fourth-order valence-electron chi connectivity index (χ4n) is 3.27. The number of aromatic nitrogens is 2. The lowest BCUT2D eigenvalue weighted by Crippen LogP contribution is -2.61. The summed E-state index contributed by atoms with van der Waals surface area (Å²) >= 11 is 0. The van der Waals surface area contributed by atoms with E-state index >= 15 is 0 Å². The fraction of sp³-hybridized carbons (Fsp3) is 0.190. The molecule has 0 unspecified atom stereocenters. The molecule has 1 saturated heterocycles. The van der Waals surface area contributed by atoms with Gasteiger partial charge in [-0.05, 0) is 43.3 Å². The number of nitrogens with zero attached hydrogens (tertiary/aromatic N) is 2. The van der Waals surface area contributed by atoms with Crippen molar-refractivity contribution >= 4 is 22.9 Å². The van der Waals surface area contributed by atoms with E-state index in [9.17, 15) is 19.8 Å². The van der Waals surface area contributed by atoms with Gasteiger partial charge in [-0.25, -0.2) is 4.98 Å². The van der Waals surface area contributed by atoms with Crippen molar-refractivity contribution in [3.8, 4) is 17.1 Å². The molecule has 3 aromatic rings. The normalized spacial score (nSPS) is 15.7. The molecule has 1 aliphatic heterocycles. The first kappa shape index (κ1) is 17.9. The van der Waals surface area contributed by atoms with E-state index in [1.807, 2.05) is 0 Å². The number of hydrogen-bond donors (Lipinski definition) is 3. The number of para-hydroxylation sites is 1. The number of rotatable bonds is 3. The molecular weight excluding hydrogens is 358 g/mol. The number of phenols is 1. The van der Waals surface area contributed by atoms with E-state index in [2.05, 4.69) is 9.97 Å². The highest BCUT2D eigenvalue weighted by molar-refractivity contribution is 5.96. The van der Waals surface area contributed by atoms with E-state index in [0.29, 0.717) is 40.9 Å². The second-order valence-corrected chi connectivity index (χ2v) is 7.23. The predicted octanol–water partition coefficient (Wildman–Crippen LogP) is 1.90. The lowest BCUT2D eigenvalue weighted by molar-refractivity contribution is -0.146. The molecule has 2 heterocycles. The van der Waals surface area contributed by atoms with Crippen LogP contribution in [0.2, 0.25) is 0 Å². The summed E-state index contributed by atoms with van der Waals surface area (Å²) in [4.78, 5) is 33.6. The summed E-state index contributed by atoms with van der Waals surface area (Å²) in [6, 6.07) is 11.6. The van der Waals surface area contributed by atoms with Crippen LogP contribution in [0.15, 0.2) is 53.3 Å². The van der Waals surface area contributed by atoms with Crippen LogP contribution >= 0.6 is 0 Å². The lowest BCUT2D eigenvalue weighted by Gasteiger charge is -2.43. The molecule has 3 N–H and O–H groups in total. The van der Waals surface area contributed by atoms with Crippen molar-refractivity contribution in [2.24, 2.45) is 0 Å². The van der Waals surface area contributed by atoms with Gasteiger partial charge in [-0.1, -0.05) is 12.1 Å². The Morgan fingerprint density at radius 2 is 1.93 bits per heavy atom. The molecule has 2 aromatic carbocycles. The summed E-state index contributed by atoms with van der Waals surface area (Å²) in [5.41, 5.74) is 0.678. The number of nitrogens with one attached hydrogen (secondary N) is 1. The Morgan fingerprint density at radius 3 is 2.61 bits per heavy atom. The van der Waals surface area contributed by atoms with Gasteiger partial charge in [0.15, 0.2) is 0 Å². The van der Waals surface area contributed by atoms with E-state index < -0.39 is 5.60 Å². The molecular formula is C21H19N3O4. The zero-order valence-corrected chi connectivity index (χ0v) is 15.2. The van der Waals surface area contributed by atoms with Crippen LogP contribution in [-0.2, 0) is 4.79 Å². The molecule has 0 spiro atoms. The Bertz CT molecular complexity index is 1140. The molecule has 4 rings (SSSR count). The number of aromatic amines is 1. The Balaban J connectivity index is 1.71. The van der Waals surface area contributed by atoms with Gasteiger partial charge in [-0.2, -0.15) is 0 Å². The van der Waals surface area contributed by atoms with Crippen LogP contribution in [-0.4, -0.2) is 49.7 Å². The minimum absolute atomic E-state index is 0.124. The van der Waals surface area contributed by atoms with Gasteiger partial charge in [0.1, 0.15) is 11.6 Å². The van der Waals surface area contributed by atoms with Gasteiger partial charge in [-0.15, -0.1) is 0 Å². The number of likely N-dealkylation sites (tertiary alicyclic amines) is 1. The molecule has 1 aliphatic rings. The smallest absolute Gasteiger partial charge is 0.259 e. The van der Waals surface area contributed by atoms with Crippen molar-refractivity contribution in [3.63, 3.8) is 0 Å². The number of H-pyrrole nitrogens is 1. The number of phenolic OH excluding ortho intramolecular Hbond substituents is 1. The molecule has 0 saturated carbocycles. The molecule has 0 aliphatic carbocycles. The van der Waals surface area contributed by atoms with Crippen LogP contribution in [0.5, 0.6) is 5.75 Å². The predicted molar refractivity (Wildman–Crippen MR) is 106 cm³/mol. The number of carbonyl (C=O) groups excluding carboxylic acids is 1. The van der Waals surface area contributed by atoms with Crippen LogP contribution < -0.4 is 5.56 Å². The Morgan fingerprint density at radius 1 is 1.21 bits per heavy atom. The molecule has 1 amide bonds. The summed E-state index contributed by atoms with van der Waals surface area (Å²) in [6.45, 7) is 2.29. The number of aliphatic hydroxyl groups is 1. The van der Waals surface area contributed by atoms with Crippen LogP contribution in [0.4, 0.5) is 0 Å². The van der Waals surface area contributed by atoms with Crippen molar-refractivity contribution in [1.82, 2.24) is 14.9 Å². The Hall–Kier alpha value is -3.45. The minimum Gasteiger partial charge on any atom is -0.508 e. The number of carbonyl (C=O) groups is 1. The van der Waals surface area contributed by atoms with Gasteiger partial charge in [0.05, 0.1) is 29.6 Å². The third-order valence-electron chi connectivity index (χ3n) is 4.69. The van der Waals surface area contributed by atoms with E-state index in [0.717, 1.165) is 0 Å². The van der Waals surface area contributed by atoms with Crippen molar-refractivity contribution in [2.75, 3.05) is 13.1 Å². The van der Waals surface area contributed by atoms with Gasteiger partial charge in [0.25, 0.3) is 5.56 Å². The quantitative estimate of drug-likeness (QED) is 0.605. The first-order chi connectivity index (χ1) is 13.3. The summed E-state index contributed by atoms with van der Waals surface area (Å²) in [5.74, 6) is 0.301. The second kappa shape index (κ2) is 6.61. The van der Waals surface area contributed by atoms with Crippen LogP contribution in [0.25, 0.3) is 28.4 Å². The molecule has 0 radical (unpaired) electrons. The van der Waals surface area contributed by atoms with E-state index in [1.165, 1.54) is 18.2 Å². The maximum atomic E-state index is 12.5. The standard InChI is InChI=1S/C21H19N3O4/c1-21(28)11-24(12-21)17(26)10-7-13-3-2-4-16-18(13)22-19(23-20(16)27)14-5-8-15(25)9-6-14/h2-10,25,28H,11-12H2,1H3,(H,22,23,27)/b10-7+.